The molecule has 0 aromatic heterocycles. The molecule has 0 atom stereocenters. The van der Waals surface area contributed by atoms with Crippen molar-refractivity contribution in [3.63, 3.8) is 0 Å². The summed E-state index contributed by atoms with van der Waals surface area (Å²) in [5, 5.41) is 3.42. The van der Waals surface area contributed by atoms with Crippen LogP contribution >= 0.6 is 0 Å². The summed E-state index contributed by atoms with van der Waals surface area (Å²) < 4.78 is 5.96. The lowest BCUT2D eigenvalue weighted by atomic mass is 10.1. The third kappa shape index (κ3) is 4.39. The summed E-state index contributed by atoms with van der Waals surface area (Å²) in [5.41, 5.74) is 3.68. The van der Waals surface area contributed by atoms with Crippen LogP contribution in [0.2, 0.25) is 0 Å². The average molecular weight is 269 g/mol. The highest BCUT2D eigenvalue weighted by atomic mass is 16.5. The minimum atomic E-state index is 0.485. The van der Waals surface area contributed by atoms with E-state index in [0.717, 1.165) is 18.0 Å². The molecule has 106 valence electrons. The van der Waals surface area contributed by atoms with E-state index in [1.807, 2.05) is 12.1 Å². The first kappa shape index (κ1) is 14.6. The predicted molar refractivity (Wildman–Crippen MR) is 84.4 cm³/mol. The van der Waals surface area contributed by atoms with Gasteiger partial charge in [0.05, 0.1) is 0 Å². The Labute approximate surface area is 121 Å². The molecule has 0 aliphatic heterocycles. The third-order valence-electron chi connectivity index (χ3n) is 3.04. The van der Waals surface area contributed by atoms with E-state index in [-0.39, 0.29) is 0 Å². The molecule has 2 nitrogen and oxygen atoms in total. The maximum atomic E-state index is 5.96. The maximum absolute atomic E-state index is 5.96. The Kier molecular flexibility index (Phi) is 4.80. The van der Waals surface area contributed by atoms with E-state index in [9.17, 15) is 0 Å². The van der Waals surface area contributed by atoms with Crippen molar-refractivity contribution in [2.45, 2.75) is 40.3 Å². The van der Waals surface area contributed by atoms with Gasteiger partial charge in [-0.05, 0) is 54.8 Å². The quantitative estimate of drug-likeness (QED) is 0.857. The van der Waals surface area contributed by atoms with E-state index < -0.39 is 0 Å². The fourth-order valence-electron chi connectivity index (χ4n) is 2.17. The molecule has 0 radical (unpaired) electrons. The van der Waals surface area contributed by atoms with Crippen LogP contribution in [0.25, 0.3) is 0 Å². The van der Waals surface area contributed by atoms with Crippen LogP contribution in [0, 0.1) is 13.8 Å². The standard InChI is InChI=1S/C18H23NO/c1-13(2)19-12-16-6-5-7-17(11-16)20-18-9-14(3)8-15(4)10-18/h5-11,13,19H,12H2,1-4H3. The summed E-state index contributed by atoms with van der Waals surface area (Å²) >= 11 is 0. The van der Waals surface area contributed by atoms with Crippen LogP contribution in [0.4, 0.5) is 0 Å². The van der Waals surface area contributed by atoms with Gasteiger partial charge in [0.2, 0.25) is 0 Å². The molecule has 0 saturated heterocycles. The van der Waals surface area contributed by atoms with Crippen LogP contribution in [-0.4, -0.2) is 6.04 Å². The fourth-order valence-corrected chi connectivity index (χ4v) is 2.17. The lowest BCUT2D eigenvalue weighted by Gasteiger charge is -2.11. The number of nitrogens with one attached hydrogen (secondary N) is 1. The van der Waals surface area contributed by atoms with Gasteiger partial charge in [-0.25, -0.2) is 0 Å². The molecule has 20 heavy (non-hydrogen) atoms. The van der Waals surface area contributed by atoms with Crippen molar-refractivity contribution in [1.29, 1.82) is 0 Å². The van der Waals surface area contributed by atoms with Crippen molar-refractivity contribution in [3.05, 3.63) is 59.2 Å². The molecule has 0 heterocycles. The summed E-state index contributed by atoms with van der Waals surface area (Å²) in [4.78, 5) is 0. The molecule has 2 aromatic rings. The number of ether oxygens (including phenoxy) is 1. The molecule has 2 rings (SSSR count). The molecular weight excluding hydrogens is 246 g/mol. The van der Waals surface area contributed by atoms with Gasteiger partial charge in [-0.3, -0.25) is 0 Å². The number of aryl methyl sites for hydroxylation is 2. The van der Waals surface area contributed by atoms with Crippen molar-refractivity contribution in [1.82, 2.24) is 5.32 Å². The molecule has 0 bridgehead atoms. The van der Waals surface area contributed by atoms with E-state index >= 15 is 0 Å². The predicted octanol–water partition coefficient (Wildman–Crippen LogP) is 4.59. The highest BCUT2D eigenvalue weighted by Crippen LogP contribution is 2.24. The van der Waals surface area contributed by atoms with E-state index in [2.05, 4.69) is 63.3 Å². The SMILES string of the molecule is Cc1cc(C)cc(Oc2cccc(CNC(C)C)c2)c1. The topological polar surface area (TPSA) is 21.3 Å². The summed E-state index contributed by atoms with van der Waals surface area (Å²) in [7, 11) is 0. The van der Waals surface area contributed by atoms with Gasteiger partial charge < -0.3 is 10.1 Å². The molecule has 0 aliphatic rings. The molecule has 0 fully saturated rings. The molecule has 0 unspecified atom stereocenters. The molecule has 0 spiro atoms. The number of rotatable bonds is 5. The largest absolute Gasteiger partial charge is 0.457 e. The minimum Gasteiger partial charge on any atom is -0.457 e. The number of hydrogen-bond acceptors (Lipinski definition) is 2. The molecule has 1 N–H and O–H groups in total. The first-order valence-electron chi connectivity index (χ1n) is 7.11. The normalized spacial score (nSPS) is 10.8. The van der Waals surface area contributed by atoms with Gasteiger partial charge in [0.25, 0.3) is 0 Å². The second-order valence-corrected chi connectivity index (χ2v) is 5.61. The van der Waals surface area contributed by atoms with Gasteiger partial charge in [-0.2, -0.15) is 0 Å². The molecule has 0 aliphatic carbocycles. The monoisotopic (exact) mass is 269 g/mol. The average Bonchev–Trinajstić information content (AvgIpc) is 2.35. The van der Waals surface area contributed by atoms with Gasteiger partial charge in [0.1, 0.15) is 11.5 Å². The zero-order valence-electron chi connectivity index (χ0n) is 12.7. The Balaban J connectivity index is 2.11. The van der Waals surface area contributed by atoms with E-state index in [4.69, 9.17) is 4.74 Å². The summed E-state index contributed by atoms with van der Waals surface area (Å²) in [6.45, 7) is 9.33. The van der Waals surface area contributed by atoms with Gasteiger partial charge in [-0.1, -0.05) is 32.0 Å². The lowest BCUT2D eigenvalue weighted by Crippen LogP contribution is -2.21. The molecule has 0 amide bonds. The second-order valence-electron chi connectivity index (χ2n) is 5.61. The fraction of sp³-hybridized carbons (Fsp3) is 0.333. The van der Waals surface area contributed by atoms with Gasteiger partial charge >= 0.3 is 0 Å². The van der Waals surface area contributed by atoms with E-state index in [0.29, 0.717) is 6.04 Å². The molecule has 2 heteroatoms. The van der Waals surface area contributed by atoms with Crippen molar-refractivity contribution >= 4 is 0 Å². The van der Waals surface area contributed by atoms with Crippen LogP contribution in [0.1, 0.15) is 30.5 Å². The maximum Gasteiger partial charge on any atom is 0.127 e. The Morgan fingerprint density at radius 2 is 1.65 bits per heavy atom. The molecule has 0 saturated carbocycles. The van der Waals surface area contributed by atoms with E-state index in [1.165, 1.54) is 16.7 Å². The van der Waals surface area contributed by atoms with Crippen molar-refractivity contribution in [3.8, 4) is 11.5 Å². The van der Waals surface area contributed by atoms with Crippen LogP contribution < -0.4 is 10.1 Å². The lowest BCUT2D eigenvalue weighted by molar-refractivity contribution is 0.480. The Morgan fingerprint density at radius 3 is 2.30 bits per heavy atom. The van der Waals surface area contributed by atoms with Crippen LogP contribution in [0.3, 0.4) is 0 Å². The highest BCUT2D eigenvalue weighted by Gasteiger charge is 2.01. The number of hydrogen-bond donors (Lipinski definition) is 1. The van der Waals surface area contributed by atoms with Crippen LogP contribution in [0.5, 0.6) is 11.5 Å². The van der Waals surface area contributed by atoms with Crippen LogP contribution in [-0.2, 0) is 6.54 Å². The molecular formula is C18H23NO. The minimum absolute atomic E-state index is 0.485. The second kappa shape index (κ2) is 6.58. The Hall–Kier alpha value is -1.80. The number of benzene rings is 2. The Bertz CT molecular complexity index is 555. The van der Waals surface area contributed by atoms with Crippen molar-refractivity contribution in [2.75, 3.05) is 0 Å². The smallest absolute Gasteiger partial charge is 0.127 e. The van der Waals surface area contributed by atoms with Crippen molar-refractivity contribution < 1.29 is 4.74 Å². The van der Waals surface area contributed by atoms with Gasteiger partial charge in [0, 0.05) is 12.6 Å². The third-order valence-corrected chi connectivity index (χ3v) is 3.04. The Morgan fingerprint density at radius 1 is 0.950 bits per heavy atom. The van der Waals surface area contributed by atoms with Crippen molar-refractivity contribution in [2.24, 2.45) is 0 Å². The highest BCUT2D eigenvalue weighted by molar-refractivity contribution is 5.38. The summed E-state index contributed by atoms with van der Waals surface area (Å²) in [6, 6.07) is 15.0. The summed E-state index contributed by atoms with van der Waals surface area (Å²) in [5.74, 6) is 1.79. The first-order chi connectivity index (χ1) is 9.52. The first-order valence-corrected chi connectivity index (χ1v) is 7.11. The summed E-state index contributed by atoms with van der Waals surface area (Å²) in [6.07, 6.45) is 0. The van der Waals surface area contributed by atoms with Crippen LogP contribution in [0.15, 0.2) is 42.5 Å². The van der Waals surface area contributed by atoms with Gasteiger partial charge in [0.15, 0.2) is 0 Å². The zero-order chi connectivity index (χ0) is 14.5. The molecule has 2 aromatic carbocycles. The van der Waals surface area contributed by atoms with E-state index in [1.54, 1.807) is 0 Å². The zero-order valence-corrected chi connectivity index (χ0v) is 12.7. The van der Waals surface area contributed by atoms with Gasteiger partial charge in [-0.15, -0.1) is 0 Å².